The third-order valence-electron chi connectivity index (χ3n) is 9.85. The summed E-state index contributed by atoms with van der Waals surface area (Å²) in [4.78, 5) is 14.7. The lowest BCUT2D eigenvalue weighted by molar-refractivity contribution is 0.370. The topological polar surface area (TPSA) is 74.2 Å². The summed E-state index contributed by atoms with van der Waals surface area (Å²) < 4.78 is 19.3. The maximum absolute atomic E-state index is 6.76. The molecule has 54 heavy (non-hydrogen) atoms. The number of fused-ring (bicyclic) bond motifs is 2. The van der Waals surface area contributed by atoms with E-state index in [0.717, 1.165) is 73.5 Å². The summed E-state index contributed by atoms with van der Waals surface area (Å²) in [6.45, 7) is 26.6. The third-order valence-corrected chi connectivity index (χ3v) is 9.85. The van der Waals surface area contributed by atoms with Gasteiger partial charge in [0.15, 0.2) is 11.2 Å². The SMILES string of the molecule is CC(C)(C)Cc1cc2oc(-c3cccc4c(-c5cc(Oc6cc(C(C)(C)C)cc(-c7cccc(C(C)(C)C)c7)n6)cc(C(C)(C)C)c5)ncnc34)cc2o1. The van der Waals surface area contributed by atoms with Gasteiger partial charge in [-0.25, -0.2) is 15.0 Å². The largest absolute Gasteiger partial charge is 0.457 e. The van der Waals surface area contributed by atoms with E-state index < -0.39 is 0 Å². The normalized spacial score (nSPS) is 12.9. The van der Waals surface area contributed by atoms with E-state index in [1.807, 2.05) is 24.3 Å². The first-order chi connectivity index (χ1) is 25.2. The summed E-state index contributed by atoms with van der Waals surface area (Å²) in [5.41, 5.74) is 10.3. The van der Waals surface area contributed by atoms with Gasteiger partial charge in [-0.05, 0) is 74.7 Å². The Morgan fingerprint density at radius 2 is 1.26 bits per heavy atom. The Kier molecular flexibility index (Phi) is 9.11. The van der Waals surface area contributed by atoms with Crippen molar-refractivity contribution in [2.24, 2.45) is 5.41 Å². The van der Waals surface area contributed by atoms with Gasteiger partial charge in [-0.1, -0.05) is 113 Å². The second-order valence-corrected chi connectivity index (χ2v) is 19.0. The van der Waals surface area contributed by atoms with Crippen LogP contribution in [0.5, 0.6) is 11.6 Å². The van der Waals surface area contributed by atoms with Crippen LogP contribution in [0.1, 0.15) is 106 Å². The highest BCUT2D eigenvalue weighted by molar-refractivity contribution is 6.00. The Labute approximate surface area is 320 Å². The Morgan fingerprint density at radius 1 is 0.593 bits per heavy atom. The van der Waals surface area contributed by atoms with Crippen LogP contribution in [0.2, 0.25) is 0 Å². The van der Waals surface area contributed by atoms with E-state index in [0.29, 0.717) is 17.4 Å². The van der Waals surface area contributed by atoms with Gasteiger partial charge in [-0.15, -0.1) is 0 Å². The minimum atomic E-state index is -0.157. The van der Waals surface area contributed by atoms with Crippen LogP contribution < -0.4 is 4.74 Å². The van der Waals surface area contributed by atoms with Crippen LogP contribution in [0.4, 0.5) is 0 Å². The quantitative estimate of drug-likeness (QED) is 0.170. The van der Waals surface area contributed by atoms with E-state index in [9.17, 15) is 0 Å². The van der Waals surface area contributed by atoms with Crippen molar-refractivity contribution in [3.8, 4) is 45.5 Å². The van der Waals surface area contributed by atoms with E-state index in [4.69, 9.17) is 28.5 Å². The number of furan rings is 2. The van der Waals surface area contributed by atoms with Crippen LogP contribution in [-0.2, 0) is 22.7 Å². The van der Waals surface area contributed by atoms with Crippen LogP contribution in [0.15, 0.2) is 100 Å². The van der Waals surface area contributed by atoms with Crippen molar-refractivity contribution in [1.82, 2.24) is 15.0 Å². The van der Waals surface area contributed by atoms with Gasteiger partial charge in [0.1, 0.15) is 23.6 Å². The maximum atomic E-state index is 6.76. The fourth-order valence-corrected chi connectivity index (χ4v) is 6.78. The summed E-state index contributed by atoms with van der Waals surface area (Å²) in [5, 5.41) is 0.919. The van der Waals surface area contributed by atoms with Crippen molar-refractivity contribution in [3.63, 3.8) is 0 Å². The van der Waals surface area contributed by atoms with Gasteiger partial charge in [0.25, 0.3) is 0 Å². The smallest absolute Gasteiger partial charge is 0.220 e. The number of pyridine rings is 1. The van der Waals surface area contributed by atoms with Crippen LogP contribution in [0, 0.1) is 5.41 Å². The highest BCUT2D eigenvalue weighted by Gasteiger charge is 2.23. The lowest BCUT2D eigenvalue weighted by Gasteiger charge is -2.23. The zero-order valence-corrected chi connectivity index (χ0v) is 33.9. The standard InChI is InChI=1S/C48H53N3O3/c1-45(2,3)27-35-25-40-41(52-35)26-39(54-40)36-17-14-18-37-43(49-28-50-44(36)37)30-20-32(47(7,8)9)22-34(21-30)53-42-24-33(48(10,11)12)23-38(51-42)29-15-13-16-31(19-29)46(4,5)6/h13-26,28H,27H2,1-12H3. The molecule has 6 heteroatoms. The summed E-state index contributed by atoms with van der Waals surface area (Å²) in [5.74, 6) is 2.89. The van der Waals surface area contributed by atoms with Crippen LogP contribution in [-0.4, -0.2) is 15.0 Å². The molecule has 0 saturated heterocycles. The molecule has 0 aliphatic carbocycles. The molecule has 278 valence electrons. The van der Waals surface area contributed by atoms with Crippen molar-refractivity contribution in [2.45, 2.75) is 106 Å². The zero-order valence-electron chi connectivity index (χ0n) is 33.9. The van der Waals surface area contributed by atoms with Crippen molar-refractivity contribution in [1.29, 1.82) is 0 Å². The molecule has 0 radical (unpaired) electrons. The van der Waals surface area contributed by atoms with E-state index in [1.165, 1.54) is 5.56 Å². The Hall–Kier alpha value is -5.23. The lowest BCUT2D eigenvalue weighted by Crippen LogP contribution is -2.13. The van der Waals surface area contributed by atoms with Gasteiger partial charge in [-0.3, -0.25) is 0 Å². The number of benzene rings is 3. The minimum Gasteiger partial charge on any atom is -0.457 e. The number of nitrogens with zero attached hydrogens (tertiary/aromatic N) is 3. The molecule has 3 aromatic carbocycles. The van der Waals surface area contributed by atoms with Crippen LogP contribution in [0.3, 0.4) is 0 Å². The highest BCUT2D eigenvalue weighted by atomic mass is 16.5. The predicted octanol–water partition coefficient (Wildman–Crippen LogP) is 13.6. The van der Waals surface area contributed by atoms with Gasteiger partial charge in [0.2, 0.25) is 5.88 Å². The van der Waals surface area contributed by atoms with E-state index in [1.54, 1.807) is 6.33 Å². The molecule has 0 atom stereocenters. The summed E-state index contributed by atoms with van der Waals surface area (Å²) in [6.07, 6.45) is 2.47. The molecule has 0 unspecified atom stereocenters. The zero-order chi connectivity index (χ0) is 38.8. The molecular weight excluding hydrogens is 667 g/mol. The second-order valence-electron chi connectivity index (χ2n) is 19.0. The number of hydrogen-bond acceptors (Lipinski definition) is 6. The Bertz CT molecular complexity index is 2460. The van der Waals surface area contributed by atoms with Gasteiger partial charge >= 0.3 is 0 Å². The first-order valence-corrected chi connectivity index (χ1v) is 18.9. The van der Waals surface area contributed by atoms with Gasteiger partial charge < -0.3 is 13.6 Å². The molecule has 0 bridgehead atoms. The Balaban J connectivity index is 1.31. The molecule has 0 aliphatic heterocycles. The molecule has 7 aromatic rings. The van der Waals surface area contributed by atoms with E-state index in [2.05, 4.69) is 144 Å². The van der Waals surface area contributed by atoms with Crippen molar-refractivity contribution < 1.29 is 13.6 Å². The number of para-hydroxylation sites is 1. The predicted molar refractivity (Wildman–Crippen MR) is 221 cm³/mol. The average Bonchev–Trinajstić information content (AvgIpc) is 3.64. The number of rotatable bonds is 6. The van der Waals surface area contributed by atoms with Crippen molar-refractivity contribution >= 4 is 22.1 Å². The molecule has 0 amide bonds. The molecule has 0 spiro atoms. The Morgan fingerprint density at radius 3 is 1.94 bits per heavy atom. The maximum Gasteiger partial charge on any atom is 0.220 e. The molecule has 0 aliphatic rings. The van der Waals surface area contributed by atoms with Gasteiger partial charge in [0.05, 0.1) is 16.9 Å². The molecule has 4 heterocycles. The number of aromatic nitrogens is 3. The summed E-state index contributed by atoms with van der Waals surface area (Å²) >= 11 is 0. The summed E-state index contributed by atoms with van der Waals surface area (Å²) in [6, 6.07) is 29.4. The van der Waals surface area contributed by atoms with Crippen molar-refractivity contribution in [2.75, 3.05) is 0 Å². The van der Waals surface area contributed by atoms with Gasteiger partial charge in [0, 0.05) is 46.7 Å². The molecule has 0 N–H and O–H groups in total. The molecule has 0 fully saturated rings. The van der Waals surface area contributed by atoms with Crippen molar-refractivity contribution in [3.05, 3.63) is 114 Å². The molecule has 4 aromatic heterocycles. The third kappa shape index (κ3) is 7.84. The lowest BCUT2D eigenvalue weighted by atomic mass is 9.84. The molecule has 6 nitrogen and oxygen atoms in total. The monoisotopic (exact) mass is 719 g/mol. The first kappa shape index (κ1) is 37.1. The minimum absolute atomic E-state index is 0.0203. The molecular formula is C48H53N3O3. The molecule has 7 rings (SSSR count). The highest BCUT2D eigenvalue weighted by Crippen LogP contribution is 2.40. The average molecular weight is 720 g/mol. The summed E-state index contributed by atoms with van der Waals surface area (Å²) in [7, 11) is 0. The number of ether oxygens (including phenoxy) is 1. The fourth-order valence-electron chi connectivity index (χ4n) is 6.78. The molecule has 0 saturated carbocycles. The first-order valence-electron chi connectivity index (χ1n) is 18.9. The second kappa shape index (κ2) is 13.3. The van der Waals surface area contributed by atoms with Gasteiger partial charge in [-0.2, -0.15) is 0 Å². The fraction of sp³-hybridized carbons (Fsp3) is 0.354. The van der Waals surface area contributed by atoms with E-state index in [-0.39, 0.29) is 21.7 Å². The van der Waals surface area contributed by atoms with Crippen LogP contribution in [0.25, 0.3) is 55.9 Å². The van der Waals surface area contributed by atoms with E-state index >= 15 is 0 Å². The van der Waals surface area contributed by atoms with Crippen LogP contribution >= 0.6 is 0 Å². The number of hydrogen-bond donors (Lipinski definition) is 0.